The van der Waals surface area contributed by atoms with Gasteiger partial charge in [0.25, 0.3) is 0 Å². The van der Waals surface area contributed by atoms with Crippen LogP contribution in [0.5, 0.6) is 0 Å². The molecule has 3 heteroatoms. The molecule has 3 heterocycles. The van der Waals surface area contributed by atoms with E-state index >= 15 is 0 Å². The topological polar surface area (TPSA) is 37.0 Å². The lowest BCUT2D eigenvalue weighted by molar-refractivity contribution is 0.207. The van der Waals surface area contributed by atoms with Gasteiger partial charge in [-0.05, 0) is 66.9 Å². The number of nitrogens with zero attached hydrogens (tertiary/aromatic N) is 1. The second-order valence-electron chi connectivity index (χ2n) is 11.6. The number of nitrogens with one attached hydrogen (secondary N) is 2. The van der Waals surface area contributed by atoms with Crippen LogP contribution in [0.3, 0.4) is 0 Å². The number of hydrogen-bond acceptors (Lipinski definition) is 3. The molecular formula is C27H47N3. The van der Waals surface area contributed by atoms with Gasteiger partial charge in [0.05, 0.1) is 0 Å². The molecule has 3 rings (SSSR count). The van der Waals surface area contributed by atoms with Crippen LogP contribution in [-0.4, -0.2) is 29.2 Å². The van der Waals surface area contributed by atoms with E-state index in [1.807, 2.05) is 0 Å². The van der Waals surface area contributed by atoms with E-state index < -0.39 is 0 Å². The first-order chi connectivity index (χ1) is 14.2. The Bertz CT molecular complexity index is 560. The van der Waals surface area contributed by atoms with Crippen LogP contribution in [0.4, 0.5) is 0 Å². The molecule has 0 aliphatic carbocycles. The fraction of sp³-hybridized carbons (Fsp3) is 0.815. The monoisotopic (exact) mass is 413 g/mol. The Morgan fingerprint density at radius 1 is 0.633 bits per heavy atom. The van der Waals surface area contributed by atoms with E-state index in [0.29, 0.717) is 59.7 Å². The lowest BCUT2D eigenvalue weighted by atomic mass is 9.77. The Hall–Kier alpha value is -0.930. The molecule has 1 aromatic rings. The van der Waals surface area contributed by atoms with Crippen LogP contribution in [0.25, 0.3) is 0 Å². The van der Waals surface area contributed by atoms with Gasteiger partial charge in [-0.1, -0.05) is 61.5 Å². The van der Waals surface area contributed by atoms with Gasteiger partial charge in [-0.2, -0.15) is 0 Å². The minimum Gasteiger partial charge on any atom is -0.311 e. The van der Waals surface area contributed by atoms with E-state index in [1.54, 1.807) is 0 Å². The minimum atomic E-state index is 0.583. The summed E-state index contributed by atoms with van der Waals surface area (Å²) < 4.78 is 0. The molecule has 4 unspecified atom stereocenters. The van der Waals surface area contributed by atoms with Crippen molar-refractivity contribution >= 4 is 0 Å². The van der Waals surface area contributed by atoms with Crippen molar-refractivity contribution in [2.24, 2.45) is 23.7 Å². The van der Waals surface area contributed by atoms with Crippen LogP contribution in [-0.2, 0) is 0 Å². The number of piperidine rings is 2. The first kappa shape index (κ1) is 23.7. The maximum Gasteiger partial charge on any atom is 0.0435 e. The molecule has 170 valence electrons. The van der Waals surface area contributed by atoms with E-state index in [9.17, 15) is 0 Å². The van der Waals surface area contributed by atoms with E-state index in [-0.39, 0.29) is 0 Å². The average Bonchev–Trinajstić information content (AvgIpc) is 2.73. The van der Waals surface area contributed by atoms with Crippen LogP contribution in [0.2, 0.25) is 0 Å². The molecule has 0 spiro atoms. The summed E-state index contributed by atoms with van der Waals surface area (Å²) in [5.74, 6) is 3.91. The zero-order chi connectivity index (χ0) is 22.0. The highest BCUT2D eigenvalue weighted by Crippen LogP contribution is 2.37. The second kappa shape index (κ2) is 10.1. The van der Waals surface area contributed by atoms with Crippen LogP contribution in [0, 0.1) is 23.7 Å². The molecule has 0 amide bonds. The zero-order valence-corrected chi connectivity index (χ0v) is 20.8. The van der Waals surface area contributed by atoms with Gasteiger partial charge < -0.3 is 10.6 Å². The lowest BCUT2D eigenvalue weighted by Gasteiger charge is -2.41. The maximum atomic E-state index is 5.06. The first-order valence-corrected chi connectivity index (χ1v) is 12.6. The third-order valence-corrected chi connectivity index (χ3v) is 7.93. The molecule has 30 heavy (non-hydrogen) atoms. The third kappa shape index (κ3) is 5.65. The molecule has 2 aliphatic heterocycles. The average molecular weight is 414 g/mol. The van der Waals surface area contributed by atoms with Crippen LogP contribution >= 0.6 is 0 Å². The summed E-state index contributed by atoms with van der Waals surface area (Å²) in [5.41, 5.74) is 2.76. The number of rotatable bonds is 6. The van der Waals surface area contributed by atoms with Crippen LogP contribution < -0.4 is 10.6 Å². The Balaban J connectivity index is 1.74. The summed E-state index contributed by atoms with van der Waals surface area (Å²) in [6.07, 6.45) is 7.12. The lowest BCUT2D eigenvalue weighted by Crippen LogP contribution is -2.50. The largest absolute Gasteiger partial charge is 0.311 e. The molecule has 2 N–H and O–H groups in total. The molecule has 4 atom stereocenters. The van der Waals surface area contributed by atoms with Crippen molar-refractivity contribution in [3.63, 3.8) is 0 Å². The van der Waals surface area contributed by atoms with Crippen LogP contribution in [0.15, 0.2) is 18.3 Å². The molecule has 0 radical (unpaired) electrons. The quantitative estimate of drug-likeness (QED) is 0.590. The molecule has 1 aromatic heterocycles. The zero-order valence-electron chi connectivity index (χ0n) is 20.8. The van der Waals surface area contributed by atoms with Gasteiger partial charge >= 0.3 is 0 Å². The van der Waals surface area contributed by atoms with Crippen molar-refractivity contribution in [3.05, 3.63) is 29.6 Å². The van der Waals surface area contributed by atoms with Gasteiger partial charge in [-0.3, -0.25) is 4.98 Å². The molecule has 2 saturated heterocycles. The third-order valence-electron chi connectivity index (χ3n) is 7.93. The smallest absolute Gasteiger partial charge is 0.0435 e. The highest BCUT2D eigenvalue weighted by molar-refractivity contribution is 5.23. The minimum absolute atomic E-state index is 0.583. The van der Waals surface area contributed by atoms with Crippen molar-refractivity contribution < 1.29 is 0 Å². The van der Waals surface area contributed by atoms with Crippen LogP contribution in [0.1, 0.15) is 104 Å². The highest BCUT2D eigenvalue weighted by atomic mass is 15.0. The van der Waals surface area contributed by atoms with E-state index in [2.05, 4.69) is 84.4 Å². The summed E-state index contributed by atoms with van der Waals surface area (Å²) in [7, 11) is 0. The first-order valence-electron chi connectivity index (χ1n) is 12.6. The second-order valence-corrected chi connectivity index (χ2v) is 11.6. The van der Waals surface area contributed by atoms with Crippen molar-refractivity contribution in [2.45, 2.75) is 117 Å². The summed E-state index contributed by atoms with van der Waals surface area (Å²) >= 11 is 0. The van der Waals surface area contributed by atoms with Gasteiger partial charge in [0.15, 0.2) is 0 Å². The van der Waals surface area contributed by atoms with Gasteiger partial charge in [0, 0.05) is 42.0 Å². The molecule has 0 bridgehead atoms. The molecule has 0 aromatic carbocycles. The fourth-order valence-corrected chi connectivity index (χ4v) is 5.51. The molecule has 0 saturated carbocycles. The van der Waals surface area contributed by atoms with Crippen molar-refractivity contribution in [3.8, 4) is 0 Å². The van der Waals surface area contributed by atoms with E-state index in [4.69, 9.17) is 4.98 Å². The van der Waals surface area contributed by atoms with Gasteiger partial charge in [0.1, 0.15) is 0 Å². The Morgan fingerprint density at radius 2 is 1.03 bits per heavy atom. The normalized spacial score (nSPS) is 33.1. The fourth-order valence-electron chi connectivity index (χ4n) is 5.51. The maximum absolute atomic E-state index is 5.06. The summed E-state index contributed by atoms with van der Waals surface area (Å²) in [6.45, 7) is 18.8. The molecule has 2 fully saturated rings. The number of hydrogen-bond donors (Lipinski definition) is 2. The predicted molar refractivity (Wildman–Crippen MR) is 129 cm³/mol. The van der Waals surface area contributed by atoms with Gasteiger partial charge in [0.2, 0.25) is 0 Å². The van der Waals surface area contributed by atoms with Crippen molar-refractivity contribution in [1.29, 1.82) is 0 Å². The Kier molecular flexibility index (Phi) is 8.01. The molecule has 2 aliphatic rings. The summed E-state index contributed by atoms with van der Waals surface area (Å²) in [6, 6.07) is 7.18. The summed E-state index contributed by atoms with van der Waals surface area (Å²) in [5, 5.41) is 7.83. The van der Waals surface area contributed by atoms with Crippen molar-refractivity contribution in [2.75, 3.05) is 0 Å². The predicted octanol–water partition coefficient (Wildman–Crippen LogP) is 6.11. The Morgan fingerprint density at radius 3 is 1.37 bits per heavy atom. The SMILES string of the molecule is CC(C)C1CC(c2ccc(C3CC(C(C)C)NC(C(C)C)C3)nc2)CC(C(C)C)N1. The standard InChI is InChI=1S/C27H47N3/c1-16(2)24-11-21(12-25(29-24)17(3)4)20-9-10-23(28-15-20)22-13-26(18(5)6)30-27(14-22)19(7)8/h9-10,15-19,21-22,24-27,29-30H,11-14H2,1-8H3. The van der Waals surface area contributed by atoms with Crippen molar-refractivity contribution in [1.82, 2.24) is 15.6 Å². The number of aromatic nitrogens is 1. The summed E-state index contributed by atoms with van der Waals surface area (Å²) in [4.78, 5) is 5.06. The molecular weight excluding hydrogens is 366 g/mol. The number of pyridine rings is 1. The van der Waals surface area contributed by atoms with E-state index in [0.717, 1.165) is 0 Å². The van der Waals surface area contributed by atoms with Gasteiger partial charge in [-0.25, -0.2) is 0 Å². The Labute approximate surface area is 186 Å². The highest BCUT2D eigenvalue weighted by Gasteiger charge is 2.34. The molecule has 3 nitrogen and oxygen atoms in total. The van der Waals surface area contributed by atoms with E-state index in [1.165, 1.54) is 36.9 Å². The van der Waals surface area contributed by atoms with Gasteiger partial charge in [-0.15, -0.1) is 0 Å².